The van der Waals surface area contributed by atoms with E-state index in [9.17, 15) is 0 Å². The summed E-state index contributed by atoms with van der Waals surface area (Å²) in [7, 11) is 4.06. The van der Waals surface area contributed by atoms with Crippen LogP contribution in [-0.4, -0.2) is 55.3 Å². The second-order valence-corrected chi connectivity index (χ2v) is 6.46. The molecule has 3 aromatic heterocycles. The number of ether oxygens (including phenoxy) is 1. The molecule has 1 aliphatic heterocycles. The Morgan fingerprint density at radius 1 is 1.21 bits per heavy atom. The van der Waals surface area contributed by atoms with E-state index < -0.39 is 0 Å². The summed E-state index contributed by atoms with van der Waals surface area (Å²) in [6.07, 6.45) is 10.8. The van der Waals surface area contributed by atoms with E-state index in [0.717, 1.165) is 49.3 Å². The normalized spacial score (nSPS) is 19.5. The van der Waals surface area contributed by atoms with Crippen molar-refractivity contribution in [3.05, 3.63) is 30.9 Å². The summed E-state index contributed by atoms with van der Waals surface area (Å²) in [5.41, 5.74) is 2.64. The van der Waals surface area contributed by atoms with Crippen molar-refractivity contribution in [2.24, 2.45) is 7.05 Å². The first kappa shape index (κ1) is 15.1. The first-order valence-electron chi connectivity index (χ1n) is 8.37. The van der Waals surface area contributed by atoms with E-state index in [1.807, 2.05) is 36.1 Å². The lowest BCUT2D eigenvalue weighted by Gasteiger charge is -2.17. The minimum atomic E-state index is 0.192. The lowest BCUT2D eigenvalue weighted by molar-refractivity contribution is 0.165. The number of hydrogen-bond donors (Lipinski definition) is 0. The Bertz CT molecular complexity index is 839. The molecule has 24 heavy (non-hydrogen) atoms. The Morgan fingerprint density at radius 3 is 2.96 bits per heavy atom. The third-order valence-electron chi connectivity index (χ3n) is 4.53. The number of aromatic nitrogens is 5. The summed E-state index contributed by atoms with van der Waals surface area (Å²) in [5.74, 6) is 0. The summed E-state index contributed by atoms with van der Waals surface area (Å²) in [5, 5.41) is 4.23. The summed E-state index contributed by atoms with van der Waals surface area (Å²) >= 11 is 0. The molecule has 7 heteroatoms. The van der Waals surface area contributed by atoms with Gasteiger partial charge in [0.1, 0.15) is 11.8 Å². The quantitative estimate of drug-likeness (QED) is 0.737. The highest BCUT2D eigenvalue weighted by Crippen LogP contribution is 2.24. The zero-order chi connectivity index (χ0) is 16.5. The number of fused-ring (bicyclic) bond motifs is 1. The van der Waals surface area contributed by atoms with Gasteiger partial charge in [0.05, 0.1) is 11.9 Å². The lowest BCUT2D eigenvalue weighted by atomic mass is 10.2. The first-order chi connectivity index (χ1) is 11.7. The molecule has 0 radical (unpaired) electrons. The monoisotopic (exact) mass is 326 g/mol. The van der Waals surface area contributed by atoms with E-state index in [-0.39, 0.29) is 6.10 Å². The molecular weight excluding hydrogens is 304 g/mol. The zero-order valence-corrected chi connectivity index (χ0v) is 14.1. The highest BCUT2D eigenvalue weighted by atomic mass is 16.5. The van der Waals surface area contributed by atoms with Crippen LogP contribution in [0.3, 0.4) is 0 Å². The SMILES string of the molecule is CN1CCCC(Oc2nc(-c3cnn(C)c3)cc3nccn23)CC1. The van der Waals surface area contributed by atoms with Crippen LogP contribution in [0, 0.1) is 0 Å². The van der Waals surface area contributed by atoms with Crippen molar-refractivity contribution in [2.45, 2.75) is 25.4 Å². The minimum Gasteiger partial charge on any atom is -0.461 e. The van der Waals surface area contributed by atoms with Crippen LogP contribution >= 0.6 is 0 Å². The molecule has 7 nitrogen and oxygen atoms in total. The molecule has 4 rings (SSSR count). The molecule has 0 spiro atoms. The van der Waals surface area contributed by atoms with Gasteiger partial charge in [0, 0.05) is 43.8 Å². The van der Waals surface area contributed by atoms with Crippen LogP contribution in [0.25, 0.3) is 16.9 Å². The summed E-state index contributed by atoms with van der Waals surface area (Å²) in [4.78, 5) is 11.5. The average Bonchev–Trinajstić information content (AvgIpc) is 3.16. The summed E-state index contributed by atoms with van der Waals surface area (Å²) in [6.45, 7) is 2.18. The molecule has 0 N–H and O–H groups in total. The average molecular weight is 326 g/mol. The third kappa shape index (κ3) is 2.99. The van der Waals surface area contributed by atoms with Crippen molar-refractivity contribution >= 4 is 5.65 Å². The van der Waals surface area contributed by atoms with Gasteiger partial charge >= 0.3 is 6.01 Å². The maximum Gasteiger partial charge on any atom is 0.303 e. The molecule has 0 saturated carbocycles. The largest absolute Gasteiger partial charge is 0.461 e. The van der Waals surface area contributed by atoms with Crippen molar-refractivity contribution in [1.29, 1.82) is 0 Å². The third-order valence-corrected chi connectivity index (χ3v) is 4.53. The van der Waals surface area contributed by atoms with Crippen LogP contribution in [-0.2, 0) is 7.05 Å². The van der Waals surface area contributed by atoms with Gasteiger partial charge < -0.3 is 9.64 Å². The number of hydrogen-bond acceptors (Lipinski definition) is 5. The number of likely N-dealkylation sites (tertiary alicyclic amines) is 1. The van der Waals surface area contributed by atoms with Crippen LogP contribution in [0.15, 0.2) is 30.9 Å². The molecule has 0 aromatic carbocycles. The molecule has 3 aromatic rings. The van der Waals surface area contributed by atoms with Crippen LogP contribution in [0.1, 0.15) is 19.3 Å². The maximum atomic E-state index is 6.28. The second-order valence-electron chi connectivity index (χ2n) is 6.46. The zero-order valence-electron chi connectivity index (χ0n) is 14.1. The summed E-state index contributed by atoms with van der Waals surface area (Å²) in [6, 6.07) is 2.57. The van der Waals surface area contributed by atoms with Crippen molar-refractivity contribution in [3.8, 4) is 17.3 Å². The van der Waals surface area contributed by atoms with Crippen molar-refractivity contribution in [1.82, 2.24) is 29.0 Å². The molecule has 0 bridgehead atoms. The first-order valence-corrected chi connectivity index (χ1v) is 8.37. The number of nitrogens with zero attached hydrogens (tertiary/aromatic N) is 6. The van der Waals surface area contributed by atoms with E-state index in [4.69, 9.17) is 9.72 Å². The second kappa shape index (κ2) is 6.24. The Morgan fingerprint density at radius 2 is 2.12 bits per heavy atom. The van der Waals surface area contributed by atoms with Crippen molar-refractivity contribution < 1.29 is 4.74 Å². The van der Waals surface area contributed by atoms with Gasteiger partial charge in [-0.3, -0.25) is 9.08 Å². The standard InChI is InChI=1S/C17H22N6O/c1-21-7-3-4-14(5-8-21)24-17-20-15(13-11-19-22(2)12-13)10-16-18-6-9-23(16)17/h6,9-12,14H,3-5,7-8H2,1-2H3. The smallest absolute Gasteiger partial charge is 0.303 e. The van der Waals surface area contributed by atoms with Gasteiger partial charge in [0.15, 0.2) is 0 Å². The van der Waals surface area contributed by atoms with Gasteiger partial charge in [-0.05, 0) is 32.9 Å². The molecule has 0 amide bonds. The van der Waals surface area contributed by atoms with Crippen LogP contribution in [0.5, 0.6) is 6.01 Å². The minimum absolute atomic E-state index is 0.192. The van der Waals surface area contributed by atoms with Gasteiger partial charge in [-0.25, -0.2) is 4.98 Å². The van der Waals surface area contributed by atoms with E-state index >= 15 is 0 Å². The van der Waals surface area contributed by atoms with Gasteiger partial charge in [0.25, 0.3) is 0 Å². The predicted molar refractivity (Wildman–Crippen MR) is 91.0 cm³/mol. The fraction of sp³-hybridized carbons (Fsp3) is 0.471. The van der Waals surface area contributed by atoms with Crippen molar-refractivity contribution in [3.63, 3.8) is 0 Å². The predicted octanol–water partition coefficient (Wildman–Crippen LogP) is 1.99. The van der Waals surface area contributed by atoms with E-state index in [0.29, 0.717) is 6.01 Å². The maximum absolute atomic E-state index is 6.28. The molecule has 126 valence electrons. The van der Waals surface area contributed by atoms with Gasteiger partial charge in [0.2, 0.25) is 0 Å². The molecular formula is C17H22N6O. The van der Waals surface area contributed by atoms with E-state index in [1.54, 1.807) is 10.9 Å². The Hall–Kier alpha value is -2.41. The Kier molecular flexibility index (Phi) is 3.93. The van der Waals surface area contributed by atoms with Crippen molar-refractivity contribution in [2.75, 3.05) is 20.1 Å². The Balaban J connectivity index is 1.67. The lowest BCUT2D eigenvalue weighted by Crippen LogP contribution is -2.22. The molecule has 1 atom stereocenters. The molecule has 1 fully saturated rings. The number of imidazole rings is 1. The Labute approximate surface area is 140 Å². The van der Waals surface area contributed by atoms with Gasteiger partial charge in [-0.2, -0.15) is 10.1 Å². The van der Waals surface area contributed by atoms with E-state index in [1.165, 1.54) is 0 Å². The topological polar surface area (TPSA) is 60.5 Å². The molecule has 1 saturated heterocycles. The van der Waals surface area contributed by atoms with Crippen LogP contribution < -0.4 is 4.74 Å². The van der Waals surface area contributed by atoms with Gasteiger partial charge in [-0.1, -0.05) is 0 Å². The number of aryl methyl sites for hydroxylation is 1. The molecule has 0 aliphatic carbocycles. The molecule has 1 aliphatic rings. The fourth-order valence-corrected chi connectivity index (χ4v) is 3.16. The fourth-order valence-electron chi connectivity index (χ4n) is 3.16. The molecule has 4 heterocycles. The summed E-state index contributed by atoms with van der Waals surface area (Å²) < 4.78 is 9.97. The number of rotatable bonds is 3. The van der Waals surface area contributed by atoms with Crippen LogP contribution in [0.4, 0.5) is 0 Å². The highest BCUT2D eigenvalue weighted by molar-refractivity contribution is 5.62. The highest BCUT2D eigenvalue weighted by Gasteiger charge is 2.19. The van der Waals surface area contributed by atoms with E-state index in [2.05, 4.69) is 22.0 Å². The van der Waals surface area contributed by atoms with Gasteiger partial charge in [-0.15, -0.1) is 0 Å². The van der Waals surface area contributed by atoms with Crippen LogP contribution in [0.2, 0.25) is 0 Å². The molecule has 1 unspecified atom stereocenters.